The van der Waals surface area contributed by atoms with Crippen molar-refractivity contribution in [3.63, 3.8) is 0 Å². The Bertz CT molecular complexity index is 1060. The molecule has 1 aromatic carbocycles. The van der Waals surface area contributed by atoms with Crippen LogP contribution in [0.1, 0.15) is 0 Å². The lowest BCUT2D eigenvalue weighted by Gasteiger charge is -1.97. The number of benzene rings is 1. The van der Waals surface area contributed by atoms with Crippen LogP contribution in [0, 0.1) is 10.4 Å². The van der Waals surface area contributed by atoms with Gasteiger partial charge in [-0.2, -0.15) is 0 Å². The van der Waals surface area contributed by atoms with Gasteiger partial charge in [0.15, 0.2) is 0 Å². The number of rotatable bonds is 1. The Morgan fingerprint density at radius 2 is 1.14 bits per heavy atom. The molecule has 21 heavy (non-hydrogen) atoms. The highest BCUT2D eigenvalue weighted by Gasteiger charge is 2.21. The highest BCUT2D eigenvalue weighted by Crippen LogP contribution is 2.12. The van der Waals surface area contributed by atoms with Gasteiger partial charge in [-0.1, -0.05) is 41.4 Å². The summed E-state index contributed by atoms with van der Waals surface area (Å²) < 4.78 is 0.764. The van der Waals surface area contributed by atoms with Crippen molar-refractivity contribution in [1.29, 1.82) is 0 Å². The third kappa shape index (κ3) is 1.78. The van der Waals surface area contributed by atoms with Crippen LogP contribution in [-0.2, 0) is 0 Å². The quantitative estimate of drug-likeness (QED) is 0.665. The molecular formula is C14H5Cl2NO4. The van der Waals surface area contributed by atoms with Gasteiger partial charge in [0.25, 0.3) is 11.1 Å². The Morgan fingerprint density at radius 3 is 1.57 bits per heavy atom. The molecule has 1 aromatic rings. The summed E-state index contributed by atoms with van der Waals surface area (Å²) in [6, 6.07) is 7.97. The zero-order valence-electron chi connectivity index (χ0n) is 10.2. The fourth-order valence-electron chi connectivity index (χ4n) is 2.18. The summed E-state index contributed by atoms with van der Waals surface area (Å²) in [7, 11) is 0. The van der Waals surface area contributed by atoms with Crippen LogP contribution < -0.4 is 22.0 Å². The average Bonchev–Trinajstić information content (AvgIpc) is 2.75. The lowest BCUT2D eigenvalue weighted by molar-refractivity contribution is 0.969. The average molecular weight is 322 g/mol. The zero-order valence-corrected chi connectivity index (χ0v) is 11.7. The van der Waals surface area contributed by atoms with Gasteiger partial charge in [0.05, 0.1) is 5.69 Å². The number of nitrogens with zero attached hydrogens (tertiary/aromatic N) is 1. The van der Waals surface area contributed by atoms with Gasteiger partial charge in [0.1, 0.15) is 20.5 Å². The van der Waals surface area contributed by atoms with Crippen LogP contribution in [0.4, 0.5) is 0 Å². The number of halogens is 2. The fraction of sp³-hybridized carbons (Fsp3) is 0. The first-order valence-corrected chi connectivity index (χ1v) is 6.53. The van der Waals surface area contributed by atoms with E-state index >= 15 is 0 Å². The molecule has 1 aliphatic carbocycles. The maximum Gasteiger partial charge on any atom is 0.270 e. The maximum absolute atomic E-state index is 12.3. The van der Waals surface area contributed by atoms with Crippen LogP contribution >= 0.6 is 23.2 Å². The molecule has 0 fully saturated rings. The van der Waals surface area contributed by atoms with Crippen molar-refractivity contribution >= 4 is 23.2 Å². The number of hydrogen-bond acceptors (Lipinski definition) is 4. The smallest absolute Gasteiger partial charge is 0.270 e. The molecule has 0 radical (unpaired) electrons. The molecule has 1 heterocycles. The van der Waals surface area contributed by atoms with E-state index in [9.17, 15) is 19.2 Å². The van der Waals surface area contributed by atoms with Gasteiger partial charge in [-0.05, 0) is 12.1 Å². The molecule has 0 N–H and O–H groups in total. The summed E-state index contributed by atoms with van der Waals surface area (Å²) in [4.78, 5) is 48.6. The molecule has 0 atom stereocenters. The summed E-state index contributed by atoms with van der Waals surface area (Å²) in [5.74, 6) is 0. The molecule has 5 nitrogen and oxygen atoms in total. The molecule has 3 rings (SSSR count). The van der Waals surface area contributed by atoms with Crippen molar-refractivity contribution in [2.45, 2.75) is 0 Å². The Kier molecular flexibility index (Phi) is 3.04. The lowest BCUT2D eigenvalue weighted by Crippen LogP contribution is -2.25. The van der Waals surface area contributed by atoms with Crippen molar-refractivity contribution in [2.24, 2.45) is 0 Å². The molecule has 0 unspecified atom stereocenters. The first-order chi connectivity index (χ1) is 9.95. The van der Waals surface area contributed by atoms with Crippen molar-refractivity contribution in [3.05, 3.63) is 92.0 Å². The number of hydrogen-bond donors (Lipinski definition) is 0. The van der Waals surface area contributed by atoms with Gasteiger partial charge in [0, 0.05) is 0 Å². The van der Waals surface area contributed by atoms with Crippen LogP contribution in [0.3, 0.4) is 0 Å². The van der Waals surface area contributed by atoms with Crippen LogP contribution in [0.25, 0.3) is 5.69 Å². The van der Waals surface area contributed by atoms with Crippen LogP contribution in [-0.4, -0.2) is 4.57 Å². The van der Waals surface area contributed by atoms with E-state index in [0.717, 1.165) is 4.57 Å². The van der Waals surface area contributed by atoms with Gasteiger partial charge in [-0.15, -0.1) is 0 Å². The largest absolute Gasteiger partial charge is 0.287 e. The molecular weight excluding hydrogens is 317 g/mol. The van der Waals surface area contributed by atoms with Gasteiger partial charge in [-0.3, -0.25) is 19.2 Å². The number of para-hydroxylation sites is 1. The third-order valence-corrected chi connectivity index (χ3v) is 3.96. The maximum atomic E-state index is 12.3. The molecule has 0 bridgehead atoms. The van der Waals surface area contributed by atoms with Crippen molar-refractivity contribution in [1.82, 2.24) is 4.57 Å². The van der Waals surface area contributed by atoms with E-state index in [4.69, 9.17) is 23.2 Å². The van der Waals surface area contributed by atoms with Gasteiger partial charge < -0.3 is 0 Å². The Morgan fingerprint density at radius 1 is 0.714 bits per heavy atom. The van der Waals surface area contributed by atoms with E-state index in [-0.39, 0.29) is 5.69 Å². The minimum atomic E-state index is -0.909. The normalized spacial score (nSPS) is 11.1. The Hall–Kier alpha value is -2.24. The molecule has 0 saturated carbocycles. The van der Waals surface area contributed by atoms with Crippen molar-refractivity contribution < 1.29 is 0 Å². The van der Waals surface area contributed by atoms with E-state index in [1.807, 2.05) is 0 Å². The first-order valence-electron chi connectivity index (χ1n) is 5.78. The second kappa shape index (κ2) is 4.65. The Labute approximate surface area is 126 Å². The van der Waals surface area contributed by atoms with Crippen LogP contribution in [0.2, 0.25) is 10.0 Å². The van der Waals surface area contributed by atoms with Crippen LogP contribution in [0.15, 0.2) is 49.5 Å². The van der Waals surface area contributed by atoms with Gasteiger partial charge in [-0.25, -0.2) is 4.57 Å². The highest BCUT2D eigenvalue weighted by atomic mass is 35.5. The summed E-state index contributed by atoms with van der Waals surface area (Å²) >= 11 is 11.3. The molecule has 0 aromatic heterocycles. The van der Waals surface area contributed by atoms with Crippen LogP contribution in [0.5, 0.6) is 0 Å². The second-order valence-electron chi connectivity index (χ2n) is 4.32. The number of aromatic nitrogens is 1. The standard InChI is InChI=1S/C14H5Cl2NO4/c15-9-10(16)12(19)8-7(11(9)18)13(20)17(14(8)21)6-4-2-1-3-5-6/h1-5H. The molecule has 2 aliphatic rings. The summed E-state index contributed by atoms with van der Waals surface area (Å²) in [5.41, 5.74) is -3.31. The van der Waals surface area contributed by atoms with Gasteiger partial charge in [0.2, 0.25) is 10.9 Å². The fourth-order valence-corrected chi connectivity index (χ4v) is 2.54. The second-order valence-corrected chi connectivity index (χ2v) is 5.07. The topological polar surface area (TPSA) is 73.2 Å². The van der Waals surface area contributed by atoms with Gasteiger partial charge >= 0.3 is 0 Å². The zero-order chi connectivity index (χ0) is 15.3. The van der Waals surface area contributed by atoms with E-state index in [1.165, 1.54) is 12.1 Å². The van der Waals surface area contributed by atoms with E-state index in [0.29, 0.717) is 0 Å². The molecule has 104 valence electrons. The summed E-state index contributed by atoms with van der Waals surface area (Å²) in [6.45, 7) is 0. The lowest BCUT2D eigenvalue weighted by atomic mass is 10.2. The Balaban J connectivity index is 2.69. The summed E-state index contributed by atoms with van der Waals surface area (Å²) in [5, 5.41) is -2.14. The van der Waals surface area contributed by atoms with Crippen molar-refractivity contribution in [3.8, 4) is 5.69 Å². The van der Waals surface area contributed by atoms with E-state index < -0.39 is 42.5 Å². The first kappa shape index (κ1) is 13.7. The van der Waals surface area contributed by atoms with Crippen molar-refractivity contribution in [2.75, 3.05) is 0 Å². The molecule has 7 heteroatoms. The molecule has 0 saturated heterocycles. The molecule has 1 aliphatic heterocycles. The minimum Gasteiger partial charge on any atom is -0.287 e. The highest BCUT2D eigenvalue weighted by molar-refractivity contribution is 6.41. The SMILES string of the molecule is O=c1c(Cl)c(Cl)c(=O)c2c(=O)n(-c3ccccc3)c(=O)c1=2. The molecule has 0 spiro atoms. The minimum absolute atomic E-state index is 0.259. The van der Waals surface area contributed by atoms with E-state index in [1.54, 1.807) is 18.2 Å². The monoisotopic (exact) mass is 321 g/mol. The predicted octanol–water partition coefficient (Wildman–Crippen LogP) is 0.825. The molecule has 0 amide bonds. The summed E-state index contributed by atoms with van der Waals surface area (Å²) in [6.07, 6.45) is 0. The van der Waals surface area contributed by atoms with E-state index in [2.05, 4.69) is 0 Å². The predicted molar refractivity (Wildman–Crippen MR) is 78.5 cm³/mol. The third-order valence-electron chi connectivity index (χ3n) is 3.14.